The second-order valence-corrected chi connectivity index (χ2v) is 7.58. The lowest BCUT2D eigenvalue weighted by molar-refractivity contribution is -0.199. The van der Waals surface area contributed by atoms with Gasteiger partial charge in [-0.1, -0.05) is 11.6 Å². The predicted octanol–water partition coefficient (Wildman–Crippen LogP) is 2.10. The third-order valence-electron chi connectivity index (χ3n) is 4.10. The van der Waals surface area contributed by atoms with E-state index in [1.54, 1.807) is 0 Å². The highest BCUT2D eigenvalue weighted by atomic mass is 127. The Morgan fingerprint density at radius 1 is 1.35 bits per heavy atom. The summed E-state index contributed by atoms with van der Waals surface area (Å²) in [5.74, 6) is -0.715. The maximum absolute atomic E-state index is 9.59. The third kappa shape index (κ3) is 2.47. The Morgan fingerprint density at radius 2 is 2.09 bits per heavy atom. The van der Waals surface area contributed by atoms with E-state index in [1.165, 1.54) is 6.33 Å². The third-order valence-corrected chi connectivity index (χ3v) is 5.20. The summed E-state index contributed by atoms with van der Waals surface area (Å²) in [7, 11) is 0. The van der Waals surface area contributed by atoms with Crippen LogP contribution in [0.5, 0.6) is 0 Å². The number of aliphatic hydroxyl groups is 1. The zero-order chi connectivity index (χ0) is 16.4. The van der Waals surface area contributed by atoms with Crippen molar-refractivity contribution < 1.29 is 19.3 Å². The van der Waals surface area contributed by atoms with Crippen LogP contribution in [-0.2, 0) is 14.2 Å². The van der Waals surface area contributed by atoms with E-state index in [0.717, 1.165) is 8.96 Å². The predicted molar refractivity (Wildman–Crippen MR) is 90.1 cm³/mol. The summed E-state index contributed by atoms with van der Waals surface area (Å²) in [6.45, 7) is 3.57. The fourth-order valence-corrected chi connectivity index (χ4v) is 4.41. The lowest BCUT2D eigenvalue weighted by Gasteiger charge is -2.24. The Labute approximate surface area is 151 Å². The normalized spacial score (nSPS) is 32.6. The number of rotatable bonds is 2. The molecule has 0 spiro atoms. The molecule has 9 heteroatoms. The van der Waals surface area contributed by atoms with Crippen LogP contribution in [0.1, 0.15) is 20.1 Å². The molecule has 0 aliphatic carbocycles. The number of hydrogen-bond acceptors (Lipinski definition) is 6. The van der Waals surface area contributed by atoms with Crippen molar-refractivity contribution in [1.82, 2.24) is 14.5 Å². The molecule has 0 saturated carbocycles. The van der Waals surface area contributed by atoms with Crippen molar-refractivity contribution in [2.45, 2.75) is 44.2 Å². The highest BCUT2D eigenvalue weighted by Crippen LogP contribution is 2.44. The van der Waals surface area contributed by atoms with Crippen molar-refractivity contribution in [3.63, 3.8) is 0 Å². The highest BCUT2D eigenvalue weighted by molar-refractivity contribution is 14.1. The molecule has 2 unspecified atom stereocenters. The fourth-order valence-electron chi connectivity index (χ4n) is 3.23. The second kappa shape index (κ2) is 5.50. The van der Waals surface area contributed by atoms with Gasteiger partial charge in [0.15, 0.2) is 12.0 Å². The maximum Gasteiger partial charge on any atom is 0.164 e. The molecule has 2 aromatic heterocycles. The SMILES string of the molecule is CC1(C)OC2C(O1)[C@@H](CO)O[C@H]2n1cc(I)c2c(Cl)ncnc21. The monoisotopic (exact) mass is 451 g/mol. The number of hydrogen-bond donors (Lipinski definition) is 1. The van der Waals surface area contributed by atoms with Crippen molar-refractivity contribution in [1.29, 1.82) is 0 Å². The summed E-state index contributed by atoms with van der Waals surface area (Å²) in [4.78, 5) is 8.36. The van der Waals surface area contributed by atoms with Gasteiger partial charge in [0.25, 0.3) is 0 Å². The minimum Gasteiger partial charge on any atom is -0.394 e. The molecule has 4 atom stereocenters. The van der Waals surface area contributed by atoms with Crippen molar-refractivity contribution in [2.24, 2.45) is 0 Å². The minimum atomic E-state index is -0.715. The van der Waals surface area contributed by atoms with Crippen LogP contribution in [0.25, 0.3) is 11.0 Å². The Bertz CT molecular complexity index is 768. The average Bonchev–Trinajstić information content (AvgIpc) is 3.08. The highest BCUT2D eigenvalue weighted by Gasteiger charge is 2.55. The summed E-state index contributed by atoms with van der Waals surface area (Å²) >= 11 is 8.38. The van der Waals surface area contributed by atoms with Gasteiger partial charge < -0.3 is 23.9 Å². The second-order valence-electron chi connectivity index (χ2n) is 6.06. The molecule has 0 amide bonds. The molecule has 124 valence electrons. The van der Waals surface area contributed by atoms with E-state index in [2.05, 4.69) is 32.6 Å². The van der Waals surface area contributed by atoms with E-state index in [4.69, 9.17) is 25.8 Å². The van der Waals surface area contributed by atoms with Gasteiger partial charge in [-0.3, -0.25) is 0 Å². The van der Waals surface area contributed by atoms with E-state index in [0.29, 0.717) is 10.8 Å². The van der Waals surface area contributed by atoms with Gasteiger partial charge in [-0.2, -0.15) is 0 Å². The van der Waals surface area contributed by atoms with Crippen LogP contribution in [-0.4, -0.2) is 50.3 Å². The summed E-state index contributed by atoms with van der Waals surface area (Å²) < 4.78 is 20.7. The first-order valence-electron chi connectivity index (χ1n) is 7.20. The molecule has 4 rings (SSSR count). The van der Waals surface area contributed by atoms with Crippen molar-refractivity contribution in [3.8, 4) is 0 Å². The average molecular weight is 452 g/mol. The smallest absolute Gasteiger partial charge is 0.164 e. The van der Waals surface area contributed by atoms with Crippen LogP contribution in [0.4, 0.5) is 0 Å². The quantitative estimate of drug-likeness (QED) is 0.557. The number of ether oxygens (including phenoxy) is 3. The van der Waals surface area contributed by atoms with E-state index in [-0.39, 0.29) is 18.8 Å². The molecular weight excluding hydrogens is 437 g/mol. The van der Waals surface area contributed by atoms with Crippen LogP contribution in [0.15, 0.2) is 12.5 Å². The van der Waals surface area contributed by atoms with Gasteiger partial charge >= 0.3 is 0 Å². The first-order chi connectivity index (χ1) is 10.9. The zero-order valence-corrected chi connectivity index (χ0v) is 15.4. The van der Waals surface area contributed by atoms with E-state index < -0.39 is 18.1 Å². The number of aromatic nitrogens is 3. The summed E-state index contributed by atoms with van der Waals surface area (Å²) in [5, 5.41) is 10.8. The van der Waals surface area contributed by atoms with Crippen molar-refractivity contribution in [2.75, 3.05) is 6.61 Å². The summed E-state index contributed by atoms with van der Waals surface area (Å²) in [6.07, 6.45) is 1.77. The number of aliphatic hydroxyl groups excluding tert-OH is 1. The van der Waals surface area contributed by atoms with E-state index in [1.807, 2.05) is 24.6 Å². The van der Waals surface area contributed by atoms with Crippen molar-refractivity contribution in [3.05, 3.63) is 21.2 Å². The van der Waals surface area contributed by atoms with Gasteiger partial charge in [-0.05, 0) is 36.4 Å². The molecule has 2 aromatic rings. The molecular formula is C14H15ClIN3O4. The molecule has 23 heavy (non-hydrogen) atoms. The van der Waals surface area contributed by atoms with Gasteiger partial charge in [0, 0.05) is 9.77 Å². The topological polar surface area (TPSA) is 78.6 Å². The van der Waals surface area contributed by atoms with E-state index >= 15 is 0 Å². The Kier molecular flexibility index (Phi) is 3.82. The lowest BCUT2D eigenvalue weighted by atomic mass is 10.1. The number of fused-ring (bicyclic) bond motifs is 2. The molecule has 2 fully saturated rings. The van der Waals surface area contributed by atoms with Gasteiger partial charge in [0.2, 0.25) is 0 Å². The molecule has 0 bridgehead atoms. The summed E-state index contributed by atoms with van der Waals surface area (Å²) in [5.41, 5.74) is 0.671. The summed E-state index contributed by atoms with van der Waals surface area (Å²) in [6, 6.07) is 0. The molecule has 0 aromatic carbocycles. The lowest BCUT2D eigenvalue weighted by Crippen LogP contribution is -2.31. The largest absolute Gasteiger partial charge is 0.394 e. The fraction of sp³-hybridized carbons (Fsp3) is 0.571. The molecule has 7 nitrogen and oxygen atoms in total. The zero-order valence-electron chi connectivity index (χ0n) is 12.4. The molecule has 0 radical (unpaired) electrons. The minimum absolute atomic E-state index is 0.136. The van der Waals surface area contributed by atoms with Gasteiger partial charge in [0.1, 0.15) is 35.4 Å². The standard InChI is InChI=1S/C14H15ClIN3O4/c1-14(2)22-9-7(4-20)21-13(10(9)23-14)19-3-6(16)8-11(15)17-5-18-12(8)19/h3,5,7,9-10,13,20H,4H2,1-2H3/t7-,9?,10?,13-/m1/s1. The molecule has 1 N–H and O–H groups in total. The molecule has 2 aliphatic heterocycles. The van der Waals surface area contributed by atoms with Crippen LogP contribution in [0, 0.1) is 3.57 Å². The molecule has 2 saturated heterocycles. The van der Waals surface area contributed by atoms with E-state index in [9.17, 15) is 5.11 Å². The number of halogens is 2. The van der Waals surface area contributed by atoms with Gasteiger partial charge in [0.05, 0.1) is 12.0 Å². The van der Waals surface area contributed by atoms with Crippen LogP contribution in [0.3, 0.4) is 0 Å². The van der Waals surface area contributed by atoms with Crippen LogP contribution in [0.2, 0.25) is 5.15 Å². The number of nitrogens with zero attached hydrogens (tertiary/aromatic N) is 3. The maximum atomic E-state index is 9.59. The Morgan fingerprint density at radius 3 is 2.83 bits per heavy atom. The van der Waals surface area contributed by atoms with Crippen molar-refractivity contribution >= 4 is 45.2 Å². The van der Waals surface area contributed by atoms with Gasteiger partial charge in [-0.25, -0.2) is 9.97 Å². The van der Waals surface area contributed by atoms with Crippen LogP contribution >= 0.6 is 34.2 Å². The first kappa shape index (κ1) is 16.0. The van der Waals surface area contributed by atoms with Gasteiger partial charge in [-0.15, -0.1) is 0 Å². The molecule has 4 heterocycles. The Hall–Kier alpha value is -0.520. The molecule has 2 aliphatic rings. The first-order valence-corrected chi connectivity index (χ1v) is 8.65. The van der Waals surface area contributed by atoms with Crippen LogP contribution < -0.4 is 0 Å². The Balaban J connectivity index is 1.81.